The minimum absolute atomic E-state index is 0.0150. The molecule has 0 spiro atoms. The standard InChI is InChI=1S/C30H38N8O12P2S2/c31-7-16(39)5-6-44-9-18-22-28(35-13-33-18)38(14-36-22)30-26-23(40)19(47-30)10-45-51(42,53)49-25-20(11-46-52(43,54)50-26)48-29(24(25)41)37-8-15-3-1-2-4-17-21(15)27(37)34-12-32-17/h8,12-14,19-20,23-26,29-30,40-41H,1-7,9-11,31H2,(H,42,53)(H,43,54)/t19-,20-,23-,24-,25-,26-,29-,30-,51?,52?/m1/s1. The molecule has 3 saturated heterocycles. The van der Waals surface area contributed by atoms with Crippen LogP contribution in [0.1, 0.15) is 48.7 Å². The van der Waals surface area contributed by atoms with E-state index in [1.54, 1.807) is 4.57 Å². The Morgan fingerprint density at radius 3 is 2.39 bits per heavy atom. The lowest BCUT2D eigenvalue weighted by Gasteiger charge is -2.28. The number of aryl methyl sites for hydroxylation is 2. The van der Waals surface area contributed by atoms with Gasteiger partial charge in [-0.25, -0.2) is 24.9 Å². The number of hydrogen-bond donors (Lipinski definition) is 5. The van der Waals surface area contributed by atoms with E-state index in [-0.39, 0.29) is 37.6 Å². The molecule has 20 nitrogen and oxygen atoms in total. The molecule has 4 aromatic heterocycles. The largest absolute Gasteiger partial charge is 0.387 e. The Morgan fingerprint density at radius 2 is 1.59 bits per heavy atom. The van der Waals surface area contributed by atoms with Crippen LogP contribution in [0.5, 0.6) is 0 Å². The van der Waals surface area contributed by atoms with Crippen molar-refractivity contribution in [1.29, 1.82) is 0 Å². The smallest absolute Gasteiger partial charge is 0.325 e. The van der Waals surface area contributed by atoms with E-state index in [1.165, 1.54) is 23.5 Å². The second kappa shape index (κ2) is 15.5. The van der Waals surface area contributed by atoms with Gasteiger partial charge in [-0.1, -0.05) is 0 Å². The quantitative estimate of drug-likeness (QED) is 0.119. The van der Waals surface area contributed by atoms with Gasteiger partial charge in [-0.2, -0.15) is 0 Å². The van der Waals surface area contributed by atoms with Crippen LogP contribution >= 0.6 is 13.4 Å². The zero-order valence-corrected chi connectivity index (χ0v) is 31.9. The number of aromatic nitrogens is 7. The van der Waals surface area contributed by atoms with Gasteiger partial charge in [-0.15, -0.1) is 0 Å². The fourth-order valence-corrected chi connectivity index (χ4v) is 10.0. The summed E-state index contributed by atoms with van der Waals surface area (Å²) in [6.07, 6.45) is -0.458. The molecule has 4 aliphatic rings. The number of aliphatic hydroxyl groups is 2. The van der Waals surface area contributed by atoms with Crippen molar-refractivity contribution in [2.45, 2.75) is 87.8 Å². The number of ketones is 1. The topological polar surface area (TPSA) is 263 Å². The second-order valence-corrected chi connectivity index (χ2v) is 18.8. The number of carbonyl (C=O) groups is 1. The van der Waals surface area contributed by atoms with Crippen molar-refractivity contribution in [2.24, 2.45) is 5.73 Å². The SMILES string of the molecule is NCC(=O)CCOCc1ncnc2c1ncn2[C@@H]1O[C@@H]2COP(O)(=S)O[C@H]3[C@@H](O)[C@H](n4cc5c6c(ncnc64)CCCC5)O[C@@H]3COP(O)(=S)O[C@@H]1[C@@H]2O. The second-order valence-electron chi connectivity index (χ2n) is 13.3. The van der Waals surface area contributed by atoms with Crippen molar-refractivity contribution >= 4 is 65.0 Å². The number of fused-ring (bicyclic) bond motifs is 4. The van der Waals surface area contributed by atoms with Crippen molar-refractivity contribution in [2.75, 3.05) is 26.4 Å². The molecule has 3 aliphatic heterocycles. The molecule has 2 unspecified atom stereocenters. The summed E-state index contributed by atoms with van der Waals surface area (Å²) < 4.78 is 44.5. The summed E-state index contributed by atoms with van der Waals surface area (Å²) in [4.78, 5) is 56.2. The summed E-state index contributed by atoms with van der Waals surface area (Å²) in [6.45, 7) is -9.24. The highest BCUT2D eigenvalue weighted by Crippen LogP contribution is 2.54. The maximum Gasteiger partial charge on any atom is 0.325 e. The number of Topliss-reactive ketones (excluding diaryl/α,β-unsaturated/α-hetero) is 1. The van der Waals surface area contributed by atoms with Crippen LogP contribution in [0.3, 0.4) is 0 Å². The maximum atomic E-state index is 11.6. The van der Waals surface area contributed by atoms with Crippen molar-refractivity contribution in [3.05, 3.63) is 42.1 Å². The van der Waals surface area contributed by atoms with Crippen molar-refractivity contribution in [3.63, 3.8) is 0 Å². The predicted molar refractivity (Wildman–Crippen MR) is 192 cm³/mol. The average molecular weight is 829 g/mol. The number of rotatable bonds is 8. The lowest BCUT2D eigenvalue weighted by Crippen LogP contribution is -2.36. The molecule has 4 aromatic rings. The third kappa shape index (κ3) is 7.57. The molecule has 7 heterocycles. The maximum absolute atomic E-state index is 11.6. The van der Waals surface area contributed by atoms with E-state index in [0.717, 1.165) is 42.3 Å². The molecule has 0 aromatic carbocycles. The minimum atomic E-state index is -4.20. The zero-order chi connectivity index (χ0) is 37.8. The summed E-state index contributed by atoms with van der Waals surface area (Å²) in [5.74, 6) is -0.146. The Labute approximate surface area is 317 Å². The molecule has 54 heavy (non-hydrogen) atoms. The minimum Gasteiger partial charge on any atom is -0.387 e. The van der Waals surface area contributed by atoms with E-state index >= 15 is 0 Å². The van der Waals surface area contributed by atoms with E-state index in [2.05, 4.69) is 24.9 Å². The van der Waals surface area contributed by atoms with Crippen molar-refractivity contribution in [1.82, 2.24) is 34.1 Å². The first-order valence-electron chi connectivity index (χ1n) is 17.2. The van der Waals surface area contributed by atoms with Crippen LogP contribution in [0, 0.1) is 0 Å². The van der Waals surface area contributed by atoms with Crippen LogP contribution in [-0.4, -0.2) is 123 Å². The average Bonchev–Trinajstić information content (AvgIpc) is 3.86. The molecule has 3 fully saturated rings. The molecular formula is C30H38N8O12P2S2. The van der Waals surface area contributed by atoms with Crippen LogP contribution in [-0.2, 0) is 80.2 Å². The lowest BCUT2D eigenvalue weighted by molar-refractivity contribution is -0.118. The van der Waals surface area contributed by atoms with Gasteiger partial charge in [0.1, 0.15) is 66.2 Å². The van der Waals surface area contributed by atoms with Gasteiger partial charge in [0.25, 0.3) is 0 Å². The Morgan fingerprint density at radius 1 is 0.889 bits per heavy atom. The Hall–Kier alpha value is -2.34. The Bertz CT molecular complexity index is 2140. The molecule has 292 valence electrons. The first-order chi connectivity index (χ1) is 25.9. The van der Waals surface area contributed by atoms with Crippen molar-refractivity contribution < 1.29 is 57.1 Å². The number of carbonyl (C=O) groups excluding carboxylic acids is 1. The number of nitrogens with two attached hydrogens (primary N) is 1. The molecule has 0 radical (unpaired) electrons. The molecular weight excluding hydrogens is 790 g/mol. The third-order valence-corrected chi connectivity index (χ3v) is 12.9. The van der Waals surface area contributed by atoms with Crippen LogP contribution < -0.4 is 5.73 Å². The normalized spacial score (nSPS) is 34.6. The van der Waals surface area contributed by atoms with Gasteiger partial charge >= 0.3 is 13.4 Å². The van der Waals surface area contributed by atoms with Gasteiger partial charge < -0.3 is 53.6 Å². The Balaban J connectivity index is 1.05. The molecule has 10 atom stereocenters. The van der Waals surface area contributed by atoms with Gasteiger partial charge in [0.2, 0.25) is 0 Å². The third-order valence-electron chi connectivity index (χ3n) is 9.79. The molecule has 0 amide bonds. The highest BCUT2D eigenvalue weighted by molar-refractivity contribution is 8.07. The molecule has 1 aliphatic carbocycles. The first-order valence-corrected chi connectivity index (χ1v) is 22.4. The van der Waals surface area contributed by atoms with E-state index in [0.29, 0.717) is 16.9 Å². The van der Waals surface area contributed by atoms with Crippen molar-refractivity contribution in [3.8, 4) is 0 Å². The van der Waals surface area contributed by atoms with Gasteiger partial charge in [-0.3, -0.25) is 18.4 Å². The van der Waals surface area contributed by atoms with Gasteiger partial charge in [0.15, 0.2) is 18.1 Å². The van der Waals surface area contributed by atoms with Gasteiger partial charge in [-0.05, 0) is 54.9 Å². The van der Waals surface area contributed by atoms with Gasteiger partial charge in [0, 0.05) is 18.0 Å². The van der Waals surface area contributed by atoms with E-state index in [9.17, 15) is 24.8 Å². The molecule has 2 bridgehead atoms. The lowest BCUT2D eigenvalue weighted by atomic mass is 10.1. The molecule has 6 N–H and O–H groups in total. The van der Waals surface area contributed by atoms with E-state index < -0.39 is 75.7 Å². The summed E-state index contributed by atoms with van der Waals surface area (Å²) in [5, 5.41) is 24.0. The predicted octanol–water partition coefficient (Wildman–Crippen LogP) is 0.352. The number of imidazole rings is 1. The summed E-state index contributed by atoms with van der Waals surface area (Å²) in [5.41, 5.74) is 8.88. The first kappa shape index (κ1) is 38.5. The monoisotopic (exact) mass is 828 g/mol. The number of nitrogens with zero attached hydrogens (tertiary/aromatic N) is 7. The van der Waals surface area contributed by atoms with Crippen LogP contribution in [0.15, 0.2) is 25.2 Å². The fraction of sp³-hybridized carbons (Fsp3) is 0.600. The van der Waals surface area contributed by atoms with Crippen LogP contribution in [0.4, 0.5) is 0 Å². The van der Waals surface area contributed by atoms with Crippen LogP contribution in [0.25, 0.3) is 22.2 Å². The summed E-state index contributed by atoms with van der Waals surface area (Å²) >= 11 is 10.8. The number of hydrogen-bond acceptors (Lipinski definition) is 18. The highest BCUT2D eigenvalue weighted by atomic mass is 32.5. The number of aliphatic hydroxyl groups excluding tert-OH is 2. The summed E-state index contributed by atoms with van der Waals surface area (Å²) in [6, 6.07) is 0. The van der Waals surface area contributed by atoms with Gasteiger partial charge in [0.05, 0.1) is 50.7 Å². The molecule has 0 saturated carbocycles. The highest BCUT2D eigenvalue weighted by Gasteiger charge is 2.52. The van der Waals surface area contributed by atoms with Crippen LogP contribution in [0.2, 0.25) is 0 Å². The zero-order valence-electron chi connectivity index (χ0n) is 28.5. The number of ether oxygens (including phenoxy) is 3. The molecule has 24 heteroatoms. The fourth-order valence-electron chi connectivity index (χ4n) is 7.17. The van der Waals surface area contributed by atoms with E-state index in [1.807, 2.05) is 6.20 Å². The Kier molecular flexibility index (Phi) is 11.1. The summed E-state index contributed by atoms with van der Waals surface area (Å²) in [7, 11) is 0. The molecule has 8 rings (SSSR count). The van der Waals surface area contributed by atoms with E-state index in [4.69, 9.17) is 61.7 Å².